The first-order valence-corrected chi connectivity index (χ1v) is 16.7. The molecular formula is C37H44N8O3. The molecule has 0 radical (unpaired) electrons. The second kappa shape index (κ2) is 12.4. The third-order valence-electron chi connectivity index (χ3n) is 9.88. The molecule has 4 heterocycles. The minimum absolute atomic E-state index is 0.0284. The first-order chi connectivity index (χ1) is 23.1. The van der Waals surface area contributed by atoms with Crippen molar-refractivity contribution < 1.29 is 14.6 Å². The minimum Gasteiger partial charge on any atom is -0.484 e. The summed E-state index contributed by atoms with van der Waals surface area (Å²) in [5.41, 5.74) is 4.96. The lowest BCUT2D eigenvalue weighted by molar-refractivity contribution is 0.0735. The Morgan fingerprint density at radius 1 is 1.04 bits per heavy atom. The number of rotatable bonds is 7. The van der Waals surface area contributed by atoms with Crippen LogP contribution in [0.4, 0.5) is 10.6 Å². The molecule has 0 bridgehead atoms. The molecule has 2 amide bonds. The van der Waals surface area contributed by atoms with E-state index < -0.39 is 5.54 Å². The van der Waals surface area contributed by atoms with Crippen molar-refractivity contribution in [2.45, 2.75) is 76.5 Å². The van der Waals surface area contributed by atoms with Gasteiger partial charge in [0.05, 0.1) is 30.2 Å². The van der Waals surface area contributed by atoms with Crippen LogP contribution in [0, 0.1) is 6.92 Å². The van der Waals surface area contributed by atoms with Gasteiger partial charge in [-0.3, -0.25) is 14.6 Å². The van der Waals surface area contributed by atoms with Crippen molar-refractivity contribution in [3.05, 3.63) is 101 Å². The first-order valence-electron chi connectivity index (χ1n) is 16.7. The van der Waals surface area contributed by atoms with E-state index in [1.165, 1.54) is 0 Å². The van der Waals surface area contributed by atoms with Crippen LogP contribution < -0.4 is 15.4 Å². The maximum atomic E-state index is 13.5. The number of urea groups is 1. The molecular weight excluding hydrogens is 604 g/mol. The molecule has 1 aliphatic heterocycles. The summed E-state index contributed by atoms with van der Waals surface area (Å²) in [7, 11) is 2.02. The molecule has 1 aliphatic carbocycles. The molecule has 11 nitrogen and oxygen atoms in total. The fourth-order valence-electron chi connectivity index (χ4n) is 7.04. The van der Waals surface area contributed by atoms with Crippen LogP contribution in [0.5, 0.6) is 5.75 Å². The Morgan fingerprint density at radius 3 is 2.52 bits per heavy atom. The Hall–Kier alpha value is -4.74. The van der Waals surface area contributed by atoms with Crippen molar-refractivity contribution in [3.63, 3.8) is 0 Å². The maximum Gasteiger partial charge on any atom is 0.320 e. The number of anilines is 1. The molecule has 1 fully saturated rings. The second-order valence-electron chi connectivity index (χ2n) is 14.2. The number of ether oxygens (including phenoxy) is 1. The van der Waals surface area contributed by atoms with Gasteiger partial charge in [-0.1, -0.05) is 62.7 Å². The summed E-state index contributed by atoms with van der Waals surface area (Å²) in [5, 5.41) is 30.5. The molecule has 11 heteroatoms. The van der Waals surface area contributed by atoms with E-state index in [1.54, 1.807) is 4.68 Å². The summed E-state index contributed by atoms with van der Waals surface area (Å²) in [5.74, 6) is 2.03. The lowest BCUT2D eigenvalue weighted by Crippen LogP contribution is -2.43. The third-order valence-corrected chi connectivity index (χ3v) is 9.88. The van der Waals surface area contributed by atoms with Gasteiger partial charge < -0.3 is 15.2 Å². The molecule has 1 saturated heterocycles. The summed E-state index contributed by atoms with van der Waals surface area (Å²) in [4.78, 5) is 15.7. The summed E-state index contributed by atoms with van der Waals surface area (Å²) in [6, 6.07) is 21.5. The zero-order chi connectivity index (χ0) is 33.6. The Kier molecular flexibility index (Phi) is 8.21. The van der Waals surface area contributed by atoms with E-state index in [-0.39, 0.29) is 30.2 Å². The number of hydrogen-bond acceptors (Lipinski definition) is 7. The fourth-order valence-corrected chi connectivity index (χ4v) is 7.04. The number of aliphatic hydroxyl groups excluding tert-OH is 1. The number of hydrogen-bond donors (Lipinski definition) is 3. The van der Waals surface area contributed by atoms with Crippen molar-refractivity contribution in [3.8, 4) is 11.4 Å². The normalized spacial score (nSPS) is 21.3. The number of likely N-dealkylation sites (N-methyl/N-ethyl adjacent to an activating group) is 1. The van der Waals surface area contributed by atoms with Gasteiger partial charge in [-0.05, 0) is 81.6 Å². The van der Waals surface area contributed by atoms with Gasteiger partial charge >= 0.3 is 6.03 Å². The highest BCUT2D eigenvalue weighted by Crippen LogP contribution is 2.40. The highest BCUT2D eigenvalue weighted by atomic mass is 16.5. The predicted molar refractivity (Wildman–Crippen MR) is 185 cm³/mol. The molecule has 3 N–H and O–H groups in total. The van der Waals surface area contributed by atoms with E-state index in [2.05, 4.69) is 58.6 Å². The number of nitrogens with one attached hydrogen (secondary N) is 2. The van der Waals surface area contributed by atoms with Crippen LogP contribution in [-0.4, -0.2) is 60.6 Å². The predicted octanol–water partition coefficient (Wildman–Crippen LogP) is 6.21. The fraction of sp³-hybridized carbons (Fsp3) is 0.405. The van der Waals surface area contributed by atoms with Gasteiger partial charge in [-0.25, -0.2) is 9.48 Å². The van der Waals surface area contributed by atoms with Crippen LogP contribution in [0.2, 0.25) is 0 Å². The average Bonchev–Trinajstić information content (AvgIpc) is 3.79. The van der Waals surface area contributed by atoms with Gasteiger partial charge in [-0.15, -0.1) is 10.2 Å². The van der Waals surface area contributed by atoms with Crippen molar-refractivity contribution in [2.24, 2.45) is 0 Å². The van der Waals surface area contributed by atoms with E-state index in [9.17, 15) is 9.90 Å². The molecule has 0 spiro atoms. The topological polar surface area (TPSA) is 122 Å². The van der Waals surface area contributed by atoms with E-state index >= 15 is 0 Å². The van der Waals surface area contributed by atoms with Crippen LogP contribution in [0.1, 0.15) is 86.8 Å². The Labute approximate surface area is 280 Å². The Bertz CT molecular complexity index is 1940. The monoisotopic (exact) mass is 648 g/mol. The smallest absolute Gasteiger partial charge is 0.320 e. The number of aryl methyl sites for hydroxylation is 1. The number of aliphatic hydroxyl groups is 1. The molecule has 3 atom stereocenters. The molecule has 2 aliphatic rings. The zero-order valence-electron chi connectivity index (χ0n) is 28.3. The lowest BCUT2D eigenvalue weighted by Gasteiger charge is -2.33. The average molecular weight is 649 g/mol. The van der Waals surface area contributed by atoms with Gasteiger partial charge in [-0.2, -0.15) is 5.10 Å². The number of carbonyl (C=O) groups is 1. The van der Waals surface area contributed by atoms with Crippen molar-refractivity contribution >= 4 is 17.5 Å². The van der Waals surface area contributed by atoms with Gasteiger partial charge in [0, 0.05) is 11.5 Å². The number of benzene rings is 2. The summed E-state index contributed by atoms with van der Waals surface area (Å²) < 4.78 is 10.4. The Balaban J connectivity index is 1.10. The van der Waals surface area contributed by atoms with Gasteiger partial charge in [0.1, 0.15) is 23.2 Å². The van der Waals surface area contributed by atoms with Crippen LogP contribution in [0.15, 0.2) is 72.9 Å². The number of carbonyl (C=O) groups excluding carboxylic acids is 1. The number of aromatic nitrogens is 5. The van der Waals surface area contributed by atoms with E-state index in [4.69, 9.17) is 9.84 Å². The molecule has 2 aromatic carbocycles. The third kappa shape index (κ3) is 5.81. The lowest BCUT2D eigenvalue weighted by atomic mass is 9.85. The van der Waals surface area contributed by atoms with Gasteiger partial charge in [0.2, 0.25) is 0 Å². The number of likely N-dealkylation sites (tertiary alicyclic amines) is 1. The number of amides is 2. The molecule has 1 unspecified atom stereocenters. The first kappa shape index (κ1) is 31.8. The highest BCUT2D eigenvalue weighted by Gasteiger charge is 2.44. The van der Waals surface area contributed by atoms with Crippen molar-refractivity contribution in [1.82, 2.24) is 34.6 Å². The number of nitrogens with zero attached hydrogens (tertiary/aromatic N) is 6. The molecule has 3 aromatic heterocycles. The van der Waals surface area contributed by atoms with Crippen LogP contribution in [0.25, 0.3) is 11.3 Å². The van der Waals surface area contributed by atoms with Crippen LogP contribution in [-0.2, 0) is 11.0 Å². The highest BCUT2D eigenvalue weighted by molar-refractivity contribution is 5.89. The maximum absolute atomic E-state index is 13.5. The van der Waals surface area contributed by atoms with E-state index in [1.807, 2.05) is 79.2 Å². The van der Waals surface area contributed by atoms with Crippen molar-refractivity contribution in [2.75, 3.05) is 25.5 Å². The van der Waals surface area contributed by atoms with E-state index in [0.717, 1.165) is 53.3 Å². The molecule has 48 heavy (non-hydrogen) atoms. The molecule has 7 rings (SSSR count). The summed E-state index contributed by atoms with van der Waals surface area (Å²) in [6.45, 7) is 9.25. The quantitative estimate of drug-likeness (QED) is 0.192. The molecule has 5 aromatic rings. The minimum atomic E-state index is -0.568. The summed E-state index contributed by atoms with van der Waals surface area (Å²) >= 11 is 0. The largest absolute Gasteiger partial charge is 0.484 e. The zero-order valence-corrected chi connectivity index (χ0v) is 28.3. The number of fused-ring (bicyclic) bond motifs is 2. The molecule has 0 saturated carbocycles. The number of pyridine rings is 1. The standard InChI is InChI=1S/C37H44N8O3/c1-24-11-13-25(14-12-24)45-33(21-31(42-45)36(2,3)4)39-35(47)38-29-16-17-30(28-10-7-6-9-27(28)29)48-26-15-18-32-40-41-34(44(32)22-26)37(23-46)19-8-20-43(37)5/h6-7,9-15,18,21-22,29-30,46H,8,16-17,19-20,23H2,1-5H3,(H2,38,39,47)/t29-,30+,37?/m0/s1. The van der Waals surface area contributed by atoms with Crippen molar-refractivity contribution in [1.29, 1.82) is 0 Å². The SMILES string of the molecule is Cc1ccc(-n2nc(C(C)(C)C)cc2NC(=O)N[C@H]2CC[C@@H](Oc3ccc4nnc(C5(CO)CCCN5C)n4c3)c3ccccc32)cc1. The van der Waals surface area contributed by atoms with Gasteiger partial charge in [0.15, 0.2) is 11.5 Å². The van der Waals surface area contributed by atoms with E-state index in [0.29, 0.717) is 30.1 Å². The van der Waals surface area contributed by atoms with Crippen LogP contribution in [0.3, 0.4) is 0 Å². The van der Waals surface area contributed by atoms with Gasteiger partial charge in [0.25, 0.3) is 0 Å². The second-order valence-corrected chi connectivity index (χ2v) is 14.2. The Morgan fingerprint density at radius 2 is 1.81 bits per heavy atom. The van der Waals surface area contributed by atoms with Crippen LogP contribution >= 0.6 is 0 Å². The molecule has 250 valence electrons. The summed E-state index contributed by atoms with van der Waals surface area (Å²) in [6.07, 6.45) is 4.96.